The van der Waals surface area contributed by atoms with Crippen LogP contribution in [0.4, 0.5) is 5.69 Å². The first kappa shape index (κ1) is 17.7. The largest absolute Gasteiger partial charge is 0.331 e. The Hall–Kier alpha value is -1.67. The minimum absolute atomic E-state index is 0.0902. The highest BCUT2D eigenvalue weighted by Crippen LogP contribution is 2.21. The van der Waals surface area contributed by atoms with Crippen LogP contribution in [0, 0.1) is 5.92 Å². The van der Waals surface area contributed by atoms with Gasteiger partial charge in [-0.2, -0.15) is 0 Å². The average molecular weight is 355 g/mol. The van der Waals surface area contributed by atoms with E-state index in [4.69, 9.17) is 12.2 Å². The molecule has 0 unspecified atom stereocenters. The number of carbonyl (C=O) groups is 1. The zero-order chi connectivity index (χ0) is 16.9. The Balaban J connectivity index is 1.72. The summed E-state index contributed by atoms with van der Waals surface area (Å²) in [5, 5.41) is 3.24. The van der Waals surface area contributed by atoms with Crippen molar-refractivity contribution in [1.82, 2.24) is 10.9 Å². The van der Waals surface area contributed by atoms with Crippen molar-refractivity contribution >= 4 is 38.8 Å². The van der Waals surface area contributed by atoms with Gasteiger partial charge in [0.15, 0.2) is 14.9 Å². The van der Waals surface area contributed by atoms with Gasteiger partial charge in [-0.3, -0.25) is 15.6 Å². The highest BCUT2D eigenvalue weighted by Gasteiger charge is 2.29. The van der Waals surface area contributed by atoms with Gasteiger partial charge in [0.05, 0.1) is 11.5 Å². The fourth-order valence-electron chi connectivity index (χ4n) is 2.46. The highest BCUT2D eigenvalue weighted by atomic mass is 32.2. The molecule has 0 bridgehead atoms. The van der Waals surface area contributed by atoms with Crippen LogP contribution in [0.15, 0.2) is 24.3 Å². The number of aryl methyl sites for hydroxylation is 1. The van der Waals surface area contributed by atoms with E-state index in [9.17, 15) is 13.2 Å². The minimum Gasteiger partial charge on any atom is -0.331 e. The van der Waals surface area contributed by atoms with E-state index in [1.807, 2.05) is 24.3 Å². The lowest BCUT2D eigenvalue weighted by atomic mass is 10.1. The van der Waals surface area contributed by atoms with Crippen molar-refractivity contribution in [3.05, 3.63) is 29.8 Å². The van der Waals surface area contributed by atoms with Crippen LogP contribution in [-0.4, -0.2) is 30.9 Å². The molecule has 1 amide bonds. The van der Waals surface area contributed by atoms with Gasteiger partial charge in [0.25, 0.3) is 0 Å². The first-order valence-corrected chi connectivity index (χ1v) is 9.76. The molecular formula is C15H21N3O3S2. The number of nitrogens with one attached hydrogen (secondary N) is 3. The number of sulfone groups is 1. The third kappa shape index (κ3) is 5.80. The monoisotopic (exact) mass is 355 g/mol. The van der Waals surface area contributed by atoms with Crippen molar-refractivity contribution in [2.24, 2.45) is 5.92 Å². The second-order valence-electron chi connectivity index (χ2n) is 5.65. The molecule has 1 aromatic rings. The molecule has 1 fully saturated rings. The Bertz CT molecular complexity index is 672. The van der Waals surface area contributed by atoms with Crippen LogP contribution in [0.25, 0.3) is 0 Å². The molecule has 1 aliphatic heterocycles. The normalized spacial score (nSPS) is 19.1. The van der Waals surface area contributed by atoms with Crippen LogP contribution >= 0.6 is 12.2 Å². The molecule has 1 aromatic carbocycles. The van der Waals surface area contributed by atoms with E-state index in [1.165, 1.54) is 5.56 Å². The topological polar surface area (TPSA) is 87.3 Å². The Morgan fingerprint density at radius 3 is 2.52 bits per heavy atom. The van der Waals surface area contributed by atoms with Crippen LogP contribution in [0.5, 0.6) is 0 Å². The lowest BCUT2D eigenvalue weighted by Crippen LogP contribution is -2.44. The van der Waals surface area contributed by atoms with Gasteiger partial charge in [0.2, 0.25) is 5.91 Å². The molecule has 1 aliphatic rings. The molecule has 1 saturated heterocycles. The van der Waals surface area contributed by atoms with E-state index in [1.54, 1.807) is 0 Å². The number of anilines is 1. The van der Waals surface area contributed by atoms with Gasteiger partial charge < -0.3 is 5.32 Å². The maximum atomic E-state index is 11.8. The SMILES string of the molecule is CCc1ccc(NC(=S)NNC(=O)C[C@H]2CCS(=O)(=O)C2)cc1. The molecule has 1 heterocycles. The zero-order valence-corrected chi connectivity index (χ0v) is 14.6. The van der Waals surface area contributed by atoms with Gasteiger partial charge >= 0.3 is 0 Å². The predicted molar refractivity (Wildman–Crippen MR) is 94.7 cm³/mol. The van der Waals surface area contributed by atoms with E-state index >= 15 is 0 Å². The predicted octanol–water partition coefficient (Wildman–Crippen LogP) is 1.39. The fraction of sp³-hybridized carbons (Fsp3) is 0.467. The number of rotatable bonds is 4. The van der Waals surface area contributed by atoms with Crippen LogP contribution in [0.2, 0.25) is 0 Å². The van der Waals surface area contributed by atoms with Gasteiger partial charge in [-0.1, -0.05) is 19.1 Å². The average Bonchev–Trinajstić information content (AvgIpc) is 2.85. The number of carbonyl (C=O) groups excluding carboxylic acids is 1. The minimum atomic E-state index is -2.96. The molecule has 126 valence electrons. The molecule has 0 aliphatic carbocycles. The van der Waals surface area contributed by atoms with Crippen molar-refractivity contribution in [1.29, 1.82) is 0 Å². The molecule has 2 rings (SSSR count). The Labute approximate surface area is 141 Å². The Kier molecular flexibility index (Phi) is 5.95. The van der Waals surface area contributed by atoms with Crippen molar-refractivity contribution in [3.8, 4) is 0 Å². The van der Waals surface area contributed by atoms with Gasteiger partial charge in [0.1, 0.15) is 0 Å². The maximum absolute atomic E-state index is 11.8. The second kappa shape index (κ2) is 7.74. The Morgan fingerprint density at radius 1 is 1.26 bits per heavy atom. The smallest absolute Gasteiger partial charge is 0.238 e. The van der Waals surface area contributed by atoms with Crippen molar-refractivity contribution in [2.75, 3.05) is 16.8 Å². The van der Waals surface area contributed by atoms with Gasteiger partial charge in [0, 0.05) is 12.1 Å². The first-order chi connectivity index (χ1) is 10.9. The van der Waals surface area contributed by atoms with Crippen LogP contribution in [-0.2, 0) is 21.1 Å². The third-order valence-corrected chi connectivity index (χ3v) is 5.78. The molecule has 8 heteroatoms. The molecule has 0 aromatic heterocycles. The number of thiocarbonyl (C=S) groups is 1. The van der Waals surface area contributed by atoms with Crippen molar-refractivity contribution < 1.29 is 13.2 Å². The lowest BCUT2D eigenvalue weighted by Gasteiger charge is -2.13. The summed E-state index contributed by atoms with van der Waals surface area (Å²) in [5.74, 6) is -0.110. The van der Waals surface area contributed by atoms with E-state index in [2.05, 4.69) is 23.1 Å². The van der Waals surface area contributed by atoms with Crippen LogP contribution < -0.4 is 16.2 Å². The fourth-order valence-corrected chi connectivity index (χ4v) is 4.49. The molecule has 0 saturated carbocycles. The van der Waals surface area contributed by atoms with Gasteiger partial charge in [-0.15, -0.1) is 0 Å². The van der Waals surface area contributed by atoms with E-state index in [0.29, 0.717) is 6.42 Å². The highest BCUT2D eigenvalue weighted by molar-refractivity contribution is 7.91. The van der Waals surface area contributed by atoms with E-state index in [-0.39, 0.29) is 34.9 Å². The number of benzene rings is 1. The molecular weight excluding hydrogens is 334 g/mol. The summed E-state index contributed by atoms with van der Waals surface area (Å²) >= 11 is 5.10. The molecule has 0 spiro atoms. The number of hydrogen-bond donors (Lipinski definition) is 3. The summed E-state index contributed by atoms with van der Waals surface area (Å²) in [6, 6.07) is 7.84. The van der Waals surface area contributed by atoms with Crippen LogP contribution in [0.1, 0.15) is 25.3 Å². The molecule has 1 atom stereocenters. The maximum Gasteiger partial charge on any atom is 0.238 e. The van der Waals surface area contributed by atoms with E-state index < -0.39 is 9.84 Å². The summed E-state index contributed by atoms with van der Waals surface area (Å²) < 4.78 is 22.7. The third-order valence-electron chi connectivity index (χ3n) is 3.74. The van der Waals surface area contributed by atoms with Crippen molar-refractivity contribution in [3.63, 3.8) is 0 Å². The summed E-state index contributed by atoms with van der Waals surface area (Å²) in [6.07, 6.45) is 1.69. The number of hydrazine groups is 1. The van der Waals surface area contributed by atoms with Gasteiger partial charge in [-0.05, 0) is 48.7 Å². The molecule has 6 nitrogen and oxygen atoms in total. The summed E-state index contributed by atoms with van der Waals surface area (Å²) in [5.41, 5.74) is 7.18. The summed E-state index contributed by atoms with van der Waals surface area (Å²) in [6.45, 7) is 2.08. The summed E-state index contributed by atoms with van der Waals surface area (Å²) in [7, 11) is -2.96. The molecule has 23 heavy (non-hydrogen) atoms. The van der Waals surface area contributed by atoms with E-state index in [0.717, 1.165) is 12.1 Å². The Morgan fingerprint density at radius 2 is 1.96 bits per heavy atom. The van der Waals surface area contributed by atoms with Crippen molar-refractivity contribution in [2.45, 2.75) is 26.2 Å². The first-order valence-electron chi connectivity index (χ1n) is 7.53. The molecule has 0 radical (unpaired) electrons. The number of amides is 1. The molecule has 3 N–H and O–H groups in total. The quantitative estimate of drug-likeness (QED) is 0.559. The second-order valence-corrected chi connectivity index (χ2v) is 8.29. The summed E-state index contributed by atoms with van der Waals surface area (Å²) in [4.78, 5) is 11.8. The zero-order valence-electron chi connectivity index (χ0n) is 13.0. The lowest BCUT2D eigenvalue weighted by molar-refractivity contribution is -0.122. The van der Waals surface area contributed by atoms with Gasteiger partial charge in [-0.25, -0.2) is 8.42 Å². The van der Waals surface area contributed by atoms with Crippen LogP contribution in [0.3, 0.4) is 0 Å². The number of hydrogen-bond acceptors (Lipinski definition) is 4. The standard InChI is InChI=1S/C15H21N3O3S2/c1-2-11-3-5-13(6-4-11)16-15(22)18-17-14(19)9-12-7-8-23(20,21)10-12/h3-6,12H,2,7-10H2,1H3,(H,17,19)(H2,16,18,22)/t12-/m1/s1.